The molecule has 61 heavy (non-hydrogen) atoms. The van der Waals surface area contributed by atoms with Crippen molar-refractivity contribution in [1.82, 2.24) is 23.8 Å². The van der Waals surface area contributed by atoms with Crippen LogP contribution in [-0.4, -0.2) is 23.8 Å². The summed E-state index contributed by atoms with van der Waals surface area (Å²) in [5.74, 6) is 0. The van der Waals surface area contributed by atoms with Gasteiger partial charge in [0.25, 0.3) is 0 Å². The highest BCUT2D eigenvalue weighted by atomic mass is 32.1. The largest absolute Gasteiger partial charge is 0.299 e. The lowest BCUT2D eigenvalue weighted by atomic mass is 9.97. The topological polar surface area (TPSA) is 47.5 Å². The van der Waals surface area contributed by atoms with Gasteiger partial charge < -0.3 is 0 Å². The van der Waals surface area contributed by atoms with E-state index in [1.165, 1.54) is 20.2 Å². The van der Waals surface area contributed by atoms with Crippen molar-refractivity contribution >= 4 is 42.8 Å². The van der Waals surface area contributed by atoms with Crippen LogP contribution in [0.4, 0.5) is 0 Å². The van der Waals surface area contributed by atoms with E-state index >= 15 is 0 Å². The van der Waals surface area contributed by atoms with E-state index in [9.17, 15) is 0 Å². The van der Waals surface area contributed by atoms with Crippen molar-refractivity contribution in [2.75, 3.05) is 0 Å². The number of rotatable bonds is 7. The molecule has 0 N–H and O–H groups in total. The summed E-state index contributed by atoms with van der Waals surface area (Å²) >= 11 is 1.84. The van der Waals surface area contributed by atoms with Crippen LogP contribution in [0.15, 0.2) is 213 Å². The van der Waals surface area contributed by atoms with E-state index in [1.54, 1.807) is 0 Å². The lowest BCUT2D eigenvalue weighted by molar-refractivity contribution is 1.19. The number of hydrogen-bond donors (Lipinski definition) is 0. The van der Waals surface area contributed by atoms with Crippen molar-refractivity contribution in [1.29, 1.82) is 0 Å². The van der Waals surface area contributed by atoms with Gasteiger partial charge in [0.05, 0.1) is 34.2 Å². The maximum absolute atomic E-state index is 5.38. The number of fused-ring (bicyclic) bond motifs is 5. The van der Waals surface area contributed by atoms with Crippen LogP contribution in [0.5, 0.6) is 0 Å². The number of nitrogens with zero attached hydrogens (tertiary/aromatic N) is 5. The summed E-state index contributed by atoms with van der Waals surface area (Å²) in [4.78, 5) is 15.5. The summed E-state index contributed by atoms with van der Waals surface area (Å²) in [6.45, 7) is 0. The van der Waals surface area contributed by atoms with Crippen molar-refractivity contribution in [3.8, 4) is 78.7 Å². The Morgan fingerprint density at radius 1 is 0.311 bits per heavy atom. The SMILES string of the molecule is c1ccc(-c2nc3ccccn3c2-c2ccc(-c3cc(-c4ccc5c(c4)sc4ccccc45)cc(-c4ccc(-c5c(-c6ccccc6)nc6ccccn56)cc4)n3)cc2)cc1. The van der Waals surface area contributed by atoms with Gasteiger partial charge in [-0.1, -0.05) is 152 Å². The molecule has 0 atom stereocenters. The fourth-order valence-corrected chi connectivity index (χ4v) is 9.78. The average molecular weight is 798 g/mol. The number of thiophene rings is 1. The van der Waals surface area contributed by atoms with Crippen LogP contribution in [0.3, 0.4) is 0 Å². The van der Waals surface area contributed by atoms with Crippen LogP contribution in [0.1, 0.15) is 0 Å². The van der Waals surface area contributed by atoms with Gasteiger partial charge in [-0.25, -0.2) is 15.0 Å². The molecule has 6 aromatic heterocycles. The Morgan fingerprint density at radius 3 is 1.33 bits per heavy atom. The molecule has 12 rings (SSSR count). The molecule has 0 amide bonds. The molecule has 0 saturated carbocycles. The second-order valence-electron chi connectivity index (χ2n) is 15.3. The highest BCUT2D eigenvalue weighted by Gasteiger charge is 2.19. The van der Waals surface area contributed by atoms with Crippen LogP contribution in [0, 0.1) is 0 Å². The first-order chi connectivity index (χ1) is 30.2. The van der Waals surface area contributed by atoms with Gasteiger partial charge in [0.1, 0.15) is 11.3 Å². The molecule has 0 bridgehead atoms. The van der Waals surface area contributed by atoms with Crippen LogP contribution in [0.25, 0.3) is 110 Å². The molecule has 0 saturated heterocycles. The minimum absolute atomic E-state index is 0.911. The molecule has 0 radical (unpaired) electrons. The molecule has 286 valence electrons. The van der Waals surface area contributed by atoms with Gasteiger partial charge in [0.2, 0.25) is 0 Å². The molecular weight excluding hydrogens is 763 g/mol. The van der Waals surface area contributed by atoms with Gasteiger partial charge in [-0.15, -0.1) is 11.3 Å². The average Bonchev–Trinajstić information content (AvgIpc) is 4.04. The van der Waals surface area contributed by atoms with Crippen molar-refractivity contribution < 1.29 is 0 Å². The van der Waals surface area contributed by atoms with E-state index < -0.39 is 0 Å². The quantitative estimate of drug-likeness (QED) is 0.161. The number of pyridine rings is 3. The van der Waals surface area contributed by atoms with Gasteiger partial charge in [-0.05, 0) is 59.7 Å². The smallest absolute Gasteiger partial charge is 0.137 e. The van der Waals surface area contributed by atoms with Gasteiger partial charge in [0, 0.05) is 65.9 Å². The van der Waals surface area contributed by atoms with Crippen LogP contribution in [-0.2, 0) is 0 Å². The van der Waals surface area contributed by atoms with Crippen LogP contribution in [0.2, 0.25) is 0 Å². The molecule has 0 aliphatic rings. The predicted octanol–water partition coefficient (Wildman–Crippen LogP) is 14.4. The van der Waals surface area contributed by atoms with Crippen molar-refractivity contribution in [3.05, 3.63) is 213 Å². The summed E-state index contributed by atoms with van der Waals surface area (Å²) in [7, 11) is 0. The Bertz CT molecular complexity index is 3390. The molecule has 5 nitrogen and oxygen atoms in total. The number of hydrogen-bond acceptors (Lipinski definition) is 4. The summed E-state index contributed by atoms with van der Waals surface area (Å²) < 4.78 is 6.93. The van der Waals surface area contributed by atoms with Crippen molar-refractivity contribution in [2.45, 2.75) is 0 Å². The summed E-state index contributed by atoms with van der Waals surface area (Å²) in [5.41, 5.74) is 16.4. The first-order valence-electron chi connectivity index (χ1n) is 20.4. The molecule has 12 aromatic rings. The van der Waals surface area contributed by atoms with Crippen LogP contribution < -0.4 is 0 Å². The molecular formula is C55H35N5S. The minimum atomic E-state index is 0.911. The first kappa shape index (κ1) is 35.1. The van der Waals surface area contributed by atoms with E-state index in [-0.39, 0.29) is 0 Å². The lowest BCUT2D eigenvalue weighted by Crippen LogP contribution is -1.93. The maximum atomic E-state index is 5.38. The van der Waals surface area contributed by atoms with Crippen molar-refractivity contribution in [3.63, 3.8) is 0 Å². The fourth-order valence-electron chi connectivity index (χ4n) is 8.63. The maximum Gasteiger partial charge on any atom is 0.137 e. The molecule has 6 aromatic carbocycles. The second kappa shape index (κ2) is 14.4. The summed E-state index contributed by atoms with van der Waals surface area (Å²) in [6, 6.07) is 70.7. The predicted molar refractivity (Wildman–Crippen MR) is 253 cm³/mol. The van der Waals surface area contributed by atoms with Crippen molar-refractivity contribution in [2.24, 2.45) is 0 Å². The lowest BCUT2D eigenvalue weighted by Gasteiger charge is -2.12. The number of aromatic nitrogens is 5. The molecule has 0 fully saturated rings. The van der Waals surface area contributed by atoms with E-state index in [0.29, 0.717) is 0 Å². The van der Waals surface area contributed by atoms with E-state index in [1.807, 2.05) is 35.6 Å². The summed E-state index contributed by atoms with van der Waals surface area (Å²) in [5, 5.41) is 2.59. The third kappa shape index (κ3) is 6.12. The minimum Gasteiger partial charge on any atom is -0.299 e. The summed E-state index contributed by atoms with van der Waals surface area (Å²) in [6.07, 6.45) is 4.18. The molecule has 0 spiro atoms. The van der Waals surface area contributed by atoms with E-state index in [4.69, 9.17) is 15.0 Å². The Balaban J connectivity index is 0.982. The monoisotopic (exact) mass is 797 g/mol. The van der Waals surface area contributed by atoms with E-state index in [0.717, 1.165) is 90.0 Å². The third-order valence-corrected chi connectivity index (χ3v) is 12.7. The van der Waals surface area contributed by atoms with Gasteiger partial charge in [-0.3, -0.25) is 8.80 Å². The zero-order chi connectivity index (χ0) is 40.3. The number of imidazole rings is 2. The zero-order valence-electron chi connectivity index (χ0n) is 32.9. The second-order valence-corrected chi connectivity index (χ2v) is 16.4. The standard InChI is InChI=1S/C55H35N5S/c1-3-13-38(14-4-1)52-54(59-31-11-9-19-50(59)57-52)40-25-21-36(22-26-40)46-33-43(42-29-30-45-44-17-7-8-18-48(44)61-49(45)35-42)34-47(56-46)37-23-27-41(28-24-37)55-53(39-15-5-2-6-16-39)58-51-20-10-12-32-60(51)55/h1-35H. The van der Waals surface area contributed by atoms with Gasteiger partial charge in [-0.2, -0.15) is 0 Å². The Kier molecular flexibility index (Phi) is 8.28. The molecule has 6 heteroatoms. The Morgan fingerprint density at radius 2 is 0.770 bits per heavy atom. The Hall–Kier alpha value is -7.93. The van der Waals surface area contributed by atoms with Crippen LogP contribution >= 0.6 is 11.3 Å². The molecule has 0 aliphatic heterocycles. The fraction of sp³-hybridized carbons (Fsp3) is 0. The number of benzene rings is 6. The van der Waals surface area contributed by atoms with E-state index in [2.05, 4.69) is 197 Å². The zero-order valence-corrected chi connectivity index (χ0v) is 33.7. The Labute approximate surface area is 356 Å². The normalized spacial score (nSPS) is 11.6. The molecule has 0 aliphatic carbocycles. The first-order valence-corrected chi connectivity index (χ1v) is 21.2. The van der Waals surface area contributed by atoms with Gasteiger partial charge in [0.15, 0.2) is 0 Å². The molecule has 0 unspecified atom stereocenters. The van der Waals surface area contributed by atoms with Gasteiger partial charge >= 0.3 is 0 Å². The highest BCUT2D eigenvalue weighted by molar-refractivity contribution is 7.25. The highest BCUT2D eigenvalue weighted by Crippen LogP contribution is 2.40. The molecule has 6 heterocycles. The third-order valence-electron chi connectivity index (χ3n) is 11.6.